The zero-order chi connectivity index (χ0) is 22.3. The lowest BCUT2D eigenvalue weighted by Gasteiger charge is -2.10. The molecule has 7 nitrogen and oxygen atoms in total. The van der Waals surface area contributed by atoms with Gasteiger partial charge in [0.2, 0.25) is 11.8 Å². The number of aromatic nitrogens is 3. The SMILES string of the molecule is C=C/C=C(/CNC(=O)Cn1nc(-c2ccc(OC(F)(F)F)nc2)ccc1=O)C(=C)Cl. The quantitative estimate of drug-likeness (QED) is 0.637. The van der Waals surface area contributed by atoms with Gasteiger partial charge in [0.25, 0.3) is 5.56 Å². The molecule has 0 spiro atoms. The van der Waals surface area contributed by atoms with Gasteiger partial charge in [0.1, 0.15) is 6.54 Å². The summed E-state index contributed by atoms with van der Waals surface area (Å²) in [4.78, 5) is 27.7. The van der Waals surface area contributed by atoms with E-state index in [2.05, 4.69) is 33.3 Å². The number of carbonyl (C=O) groups is 1. The first-order valence-electron chi connectivity index (χ1n) is 8.32. The van der Waals surface area contributed by atoms with E-state index in [0.717, 1.165) is 16.9 Å². The van der Waals surface area contributed by atoms with Crippen LogP contribution in [-0.2, 0) is 11.3 Å². The van der Waals surface area contributed by atoms with Crippen molar-refractivity contribution in [2.45, 2.75) is 12.9 Å². The van der Waals surface area contributed by atoms with Crippen LogP contribution in [0.5, 0.6) is 5.88 Å². The van der Waals surface area contributed by atoms with Crippen molar-refractivity contribution in [2.24, 2.45) is 0 Å². The van der Waals surface area contributed by atoms with Crippen molar-refractivity contribution < 1.29 is 22.7 Å². The van der Waals surface area contributed by atoms with Crippen LogP contribution in [0.1, 0.15) is 0 Å². The maximum atomic E-state index is 12.2. The van der Waals surface area contributed by atoms with Crippen LogP contribution in [0.2, 0.25) is 0 Å². The summed E-state index contributed by atoms with van der Waals surface area (Å²) in [6.07, 6.45) is -0.676. The van der Waals surface area contributed by atoms with Gasteiger partial charge in [-0.05, 0) is 17.7 Å². The molecule has 0 unspecified atom stereocenters. The summed E-state index contributed by atoms with van der Waals surface area (Å²) >= 11 is 5.82. The van der Waals surface area contributed by atoms with Crippen LogP contribution < -0.4 is 15.6 Å². The minimum absolute atomic E-state index is 0.0756. The monoisotopic (exact) mass is 440 g/mol. The van der Waals surface area contributed by atoms with Gasteiger partial charge in [-0.25, -0.2) is 9.67 Å². The van der Waals surface area contributed by atoms with Crippen LogP contribution in [-0.4, -0.2) is 33.6 Å². The number of pyridine rings is 1. The highest BCUT2D eigenvalue weighted by atomic mass is 35.5. The molecule has 0 aliphatic rings. The van der Waals surface area contributed by atoms with Crippen LogP contribution in [0, 0.1) is 0 Å². The van der Waals surface area contributed by atoms with E-state index in [1.54, 1.807) is 6.08 Å². The van der Waals surface area contributed by atoms with Crippen LogP contribution >= 0.6 is 11.6 Å². The smallest absolute Gasteiger partial charge is 0.388 e. The third-order valence-electron chi connectivity index (χ3n) is 3.56. The average molecular weight is 441 g/mol. The minimum atomic E-state index is -4.86. The molecule has 0 bridgehead atoms. The second-order valence-electron chi connectivity index (χ2n) is 5.76. The number of rotatable bonds is 8. The molecule has 0 saturated heterocycles. The van der Waals surface area contributed by atoms with Gasteiger partial charge in [0.15, 0.2) is 0 Å². The number of amides is 1. The zero-order valence-corrected chi connectivity index (χ0v) is 16.2. The van der Waals surface area contributed by atoms with Crippen LogP contribution in [0.25, 0.3) is 11.3 Å². The fourth-order valence-corrected chi connectivity index (χ4v) is 2.33. The van der Waals surface area contributed by atoms with Crippen molar-refractivity contribution in [1.82, 2.24) is 20.1 Å². The molecule has 0 fully saturated rings. The Hall–Kier alpha value is -3.40. The van der Waals surface area contributed by atoms with Gasteiger partial charge < -0.3 is 10.1 Å². The topological polar surface area (TPSA) is 86.1 Å². The summed E-state index contributed by atoms with van der Waals surface area (Å²) < 4.78 is 41.3. The average Bonchev–Trinajstić information content (AvgIpc) is 2.66. The molecule has 30 heavy (non-hydrogen) atoms. The Morgan fingerprint density at radius 2 is 2.03 bits per heavy atom. The Bertz CT molecular complexity index is 1030. The molecule has 0 aliphatic carbocycles. The van der Waals surface area contributed by atoms with Crippen molar-refractivity contribution >= 4 is 17.5 Å². The largest absolute Gasteiger partial charge is 0.574 e. The molecule has 0 atom stereocenters. The van der Waals surface area contributed by atoms with E-state index in [1.165, 1.54) is 24.3 Å². The number of ether oxygens (including phenoxy) is 1. The third kappa shape index (κ3) is 6.89. The second-order valence-corrected chi connectivity index (χ2v) is 6.21. The minimum Gasteiger partial charge on any atom is -0.388 e. The van der Waals surface area contributed by atoms with Gasteiger partial charge in [-0.1, -0.05) is 36.9 Å². The van der Waals surface area contributed by atoms with E-state index < -0.39 is 23.7 Å². The van der Waals surface area contributed by atoms with Crippen LogP contribution in [0.4, 0.5) is 13.2 Å². The first-order valence-corrected chi connectivity index (χ1v) is 8.70. The van der Waals surface area contributed by atoms with Gasteiger partial charge in [0, 0.05) is 35.5 Å². The molecule has 2 aromatic heterocycles. The Labute approximate surface area is 174 Å². The summed E-state index contributed by atoms with van der Waals surface area (Å²) in [5.74, 6) is -1.15. The zero-order valence-electron chi connectivity index (χ0n) is 15.4. The van der Waals surface area contributed by atoms with E-state index in [-0.39, 0.29) is 23.8 Å². The number of nitrogens with zero attached hydrogens (tertiary/aromatic N) is 3. The molecule has 0 aliphatic heterocycles. The summed E-state index contributed by atoms with van der Waals surface area (Å²) in [5.41, 5.74) is 0.562. The van der Waals surface area contributed by atoms with Crippen molar-refractivity contribution in [3.8, 4) is 17.1 Å². The highest BCUT2D eigenvalue weighted by Crippen LogP contribution is 2.23. The Balaban J connectivity index is 2.12. The lowest BCUT2D eigenvalue weighted by molar-refractivity contribution is -0.276. The number of hydrogen-bond acceptors (Lipinski definition) is 5. The van der Waals surface area contributed by atoms with E-state index >= 15 is 0 Å². The van der Waals surface area contributed by atoms with E-state index in [9.17, 15) is 22.8 Å². The maximum Gasteiger partial charge on any atom is 0.574 e. The molecule has 0 saturated carbocycles. The van der Waals surface area contributed by atoms with Gasteiger partial charge >= 0.3 is 6.36 Å². The number of halogens is 4. The highest BCUT2D eigenvalue weighted by Gasteiger charge is 2.31. The summed E-state index contributed by atoms with van der Waals surface area (Å²) in [6, 6.07) is 4.85. The molecule has 2 rings (SSSR count). The molecule has 0 aromatic carbocycles. The fraction of sp³-hybridized carbons (Fsp3) is 0.158. The number of alkyl halides is 3. The molecule has 11 heteroatoms. The van der Waals surface area contributed by atoms with Crippen molar-refractivity contribution in [2.75, 3.05) is 6.54 Å². The number of carbonyl (C=O) groups excluding carboxylic acids is 1. The van der Waals surface area contributed by atoms with E-state index in [0.29, 0.717) is 11.1 Å². The summed E-state index contributed by atoms with van der Waals surface area (Å²) in [7, 11) is 0. The first-order chi connectivity index (χ1) is 14.1. The van der Waals surface area contributed by atoms with Crippen molar-refractivity contribution in [1.29, 1.82) is 0 Å². The van der Waals surface area contributed by atoms with Crippen molar-refractivity contribution in [3.05, 3.63) is 76.7 Å². The summed E-state index contributed by atoms with van der Waals surface area (Å²) in [6.45, 7) is 6.80. The second kappa shape index (κ2) is 9.88. The molecular weight excluding hydrogens is 425 g/mol. The van der Waals surface area contributed by atoms with Crippen LogP contribution in [0.3, 0.4) is 0 Å². The Kier molecular flexibility index (Phi) is 7.54. The third-order valence-corrected chi connectivity index (χ3v) is 3.80. The van der Waals surface area contributed by atoms with Crippen LogP contribution in [0.15, 0.2) is 71.2 Å². The van der Waals surface area contributed by atoms with Gasteiger partial charge in [-0.15, -0.1) is 13.2 Å². The van der Waals surface area contributed by atoms with Gasteiger partial charge in [-0.3, -0.25) is 9.59 Å². The number of allylic oxidation sites excluding steroid dienone is 2. The number of hydrogen-bond donors (Lipinski definition) is 1. The van der Waals surface area contributed by atoms with Gasteiger partial charge in [0.05, 0.1) is 5.69 Å². The Morgan fingerprint density at radius 3 is 2.60 bits per heavy atom. The fourth-order valence-electron chi connectivity index (χ4n) is 2.20. The van der Waals surface area contributed by atoms with Gasteiger partial charge in [-0.2, -0.15) is 5.10 Å². The molecule has 1 amide bonds. The maximum absolute atomic E-state index is 12.2. The lowest BCUT2D eigenvalue weighted by atomic mass is 10.2. The van der Waals surface area contributed by atoms with E-state index in [1.807, 2.05) is 0 Å². The predicted molar refractivity (Wildman–Crippen MR) is 105 cm³/mol. The predicted octanol–water partition coefficient (Wildman–Crippen LogP) is 3.19. The highest BCUT2D eigenvalue weighted by molar-refractivity contribution is 6.31. The molecule has 158 valence electrons. The Morgan fingerprint density at radius 1 is 1.30 bits per heavy atom. The molecule has 1 N–H and O–H groups in total. The molecule has 0 radical (unpaired) electrons. The summed E-state index contributed by atoms with van der Waals surface area (Å²) in [5, 5.41) is 6.86. The first kappa shape index (κ1) is 22.9. The molecule has 2 heterocycles. The van der Waals surface area contributed by atoms with E-state index in [4.69, 9.17) is 11.6 Å². The molecular formula is C19H16ClF3N4O3. The standard InChI is InChI=1S/C19H16ClF3N4O3/c1-3-4-13(12(2)20)9-24-16(28)11-27-18(29)8-6-15(26-27)14-5-7-17(25-10-14)30-19(21,22)23/h3-8,10H,1-2,9,11H2,(H,24,28)/b13-4-. The molecule has 2 aromatic rings. The van der Waals surface area contributed by atoms with Crippen molar-refractivity contribution in [3.63, 3.8) is 0 Å². The normalized spacial score (nSPS) is 11.7. The lowest BCUT2D eigenvalue weighted by Crippen LogP contribution is -2.34. The number of nitrogens with one attached hydrogen (secondary N) is 1.